The Labute approximate surface area is 128 Å². The molecule has 2 aliphatic heterocycles. The normalized spacial score (nSPS) is 30.9. The van der Waals surface area contributed by atoms with Gasteiger partial charge in [-0.25, -0.2) is 4.79 Å². The van der Waals surface area contributed by atoms with Gasteiger partial charge in [-0.3, -0.25) is 0 Å². The Morgan fingerprint density at radius 1 is 1.43 bits per heavy atom. The van der Waals surface area contributed by atoms with Gasteiger partial charge in [-0.05, 0) is 26.0 Å². The number of para-hydroxylation sites is 1. The van der Waals surface area contributed by atoms with Gasteiger partial charge in [0.25, 0.3) is 0 Å². The van der Waals surface area contributed by atoms with Gasteiger partial charge in [0.1, 0.15) is 6.10 Å². The number of benzene rings is 1. The molecule has 3 heterocycles. The molecule has 1 aromatic heterocycles. The fourth-order valence-electron chi connectivity index (χ4n) is 3.71. The van der Waals surface area contributed by atoms with E-state index in [2.05, 4.69) is 16.9 Å². The Morgan fingerprint density at radius 3 is 2.95 bits per heavy atom. The van der Waals surface area contributed by atoms with Crippen LogP contribution in [0.15, 0.2) is 30.4 Å². The van der Waals surface area contributed by atoms with Gasteiger partial charge in [0.05, 0.1) is 9.68 Å². The first-order chi connectivity index (χ1) is 11.4. The maximum Gasteiger partial charge on any atom is 0.340 e. The Hall–Kier alpha value is -1.81. The first kappa shape index (κ1) is 10.0. The molecular weight excluding hydrogens is 264 g/mol. The summed E-state index contributed by atoms with van der Waals surface area (Å²) in [5, 5.41) is 0.372. The Morgan fingerprint density at radius 2 is 2.19 bits per heavy atom. The summed E-state index contributed by atoms with van der Waals surface area (Å²) < 4.78 is 29.4. The van der Waals surface area contributed by atoms with Crippen LogP contribution in [0.25, 0.3) is 10.9 Å². The average Bonchev–Trinajstić information content (AvgIpc) is 2.91. The van der Waals surface area contributed by atoms with Gasteiger partial charge >= 0.3 is 5.97 Å². The number of hydrogen-bond donors (Lipinski definition) is 1. The lowest BCUT2D eigenvalue weighted by molar-refractivity contribution is -0.000258. The number of esters is 1. The van der Waals surface area contributed by atoms with Crippen molar-refractivity contribution in [2.75, 3.05) is 7.05 Å². The summed E-state index contributed by atoms with van der Waals surface area (Å²) in [4.78, 5) is 17.8. The molecule has 2 saturated heterocycles. The van der Waals surface area contributed by atoms with Gasteiger partial charge in [-0.2, -0.15) is 0 Å². The highest BCUT2D eigenvalue weighted by Gasteiger charge is 2.40. The lowest BCUT2D eigenvalue weighted by atomic mass is 10.0. The highest BCUT2D eigenvalue weighted by atomic mass is 16.5. The molecule has 0 saturated carbocycles. The number of carbonyl (C=O) groups is 1. The monoisotopic (exact) mass is 287 g/mol. The molecule has 2 bridgehead atoms. The van der Waals surface area contributed by atoms with Crippen LogP contribution in [0.3, 0.4) is 0 Å². The van der Waals surface area contributed by atoms with Crippen molar-refractivity contribution in [3.63, 3.8) is 0 Å². The summed E-state index contributed by atoms with van der Waals surface area (Å²) in [7, 11) is 2.13. The van der Waals surface area contributed by atoms with E-state index in [9.17, 15) is 4.79 Å². The summed E-state index contributed by atoms with van der Waals surface area (Å²) in [5.74, 6) is -0.536. The molecule has 2 aromatic rings. The summed E-state index contributed by atoms with van der Waals surface area (Å²) in [5.41, 5.74) is 0.578. The molecule has 4 nitrogen and oxygen atoms in total. The van der Waals surface area contributed by atoms with Crippen LogP contribution in [0.1, 0.15) is 40.2 Å². The van der Waals surface area contributed by atoms with Crippen LogP contribution in [0.2, 0.25) is 0 Å². The number of nitrogens with one attached hydrogen (secondary N) is 1. The number of aromatic amines is 1. The molecule has 1 unspecified atom stereocenters. The van der Waals surface area contributed by atoms with Crippen molar-refractivity contribution >= 4 is 16.9 Å². The largest absolute Gasteiger partial charge is 0.459 e. The number of rotatable bonds is 2. The second-order valence-corrected chi connectivity index (χ2v) is 6.06. The van der Waals surface area contributed by atoms with Gasteiger partial charge in [-0.1, -0.05) is 18.2 Å². The SMILES string of the molecule is [2H]c1cc([2H])c2c(C(=O)OC3C[C@H]4CC[C@@H](C3)N4C)c([2H])[nH]c2c1. The quantitative estimate of drug-likeness (QED) is 0.864. The second kappa shape index (κ2) is 4.88. The molecule has 1 N–H and O–H groups in total. The molecule has 110 valence electrons. The third kappa shape index (κ3) is 2.14. The fraction of sp³-hybridized carbons (Fsp3) is 0.471. The molecule has 4 rings (SSSR count). The van der Waals surface area contributed by atoms with Crippen LogP contribution in [-0.4, -0.2) is 41.1 Å². The third-order valence-corrected chi connectivity index (χ3v) is 4.90. The van der Waals surface area contributed by atoms with E-state index in [0.29, 0.717) is 23.0 Å². The topological polar surface area (TPSA) is 45.3 Å². The van der Waals surface area contributed by atoms with E-state index in [-0.39, 0.29) is 29.9 Å². The molecular formula is C17H20N2O2. The smallest absolute Gasteiger partial charge is 0.340 e. The minimum absolute atomic E-state index is 0.0509. The molecule has 21 heavy (non-hydrogen) atoms. The lowest BCUT2D eigenvalue weighted by Gasteiger charge is -2.35. The van der Waals surface area contributed by atoms with Gasteiger partial charge in [0.2, 0.25) is 0 Å². The van der Waals surface area contributed by atoms with Crippen molar-refractivity contribution < 1.29 is 13.6 Å². The van der Waals surface area contributed by atoms with E-state index in [1.54, 1.807) is 0 Å². The molecule has 0 spiro atoms. The number of aromatic nitrogens is 1. The lowest BCUT2D eigenvalue weighted by Crippen LogP contribution is -2.43. The highest BCUT2D eigenvalue weighted by Crippen LogP contribution is 2.35. The van der Waals surface area contributed by atoms with Crippen LogP contribution < -0.4 is 0 Å². The number of ether oxygens (including phenoxy) is 1. The number of hydrogen-bond acceptors (Lipinski definition) is 3. The van der Waals surface area contributed by atoms with Gasteiger partial charge in [0, 0.05) is 42.0 Å². The molecule has 2 aliphatic rings. The molecule has 0 radical (unpaired) electrons. The van der Waals surface area contributed by atoms with Crippen LogP contribution in [0, 0.1) is 0 Å². The zero-order chi connectivity index (χ0) is 17.0. The van der Waals surface area contributed by atoms with E-state index in [1.165, 1.54) is 12.1 Å². The van der Waals surface area contributed by atoms with E-state index in [1.807, 2.05) is 0 Å². The molecule has 0 amide bonds. The van der Waals surface area contributed by atoms with Crippen LogP contribution >= 0.6 is 0 Å². The minimum Gasteiger partial charge on any atom is -0.459 e. The third-order valence-electron chi connectivity index (χ3n) is 4.90. The van der Waals surface area contributed by atoms with Crippen molar-refractivity contribution in [1.29, 1.82) is 0 Å². The number of piperidine rings is 1. The van der Waals surface area contributed by atoms with E-state index >= 15 is 0 Å². The van der Waals surface area contributed by atoms with E-state index < -0.39 is 5.97 Å². The predicted molar refractivity (Wildman–Crippen MR) is 81.3 cm³/mol. The maximum atomic E-state index is 12.7. The van der Waals surface area contributed by atoms with Crippen molar-refractivity contribution in [2.45, 2.75) is 43.9 Å². The predicted octanol–water partition coefficient (Wildman–Crippen LogP) is 2.95. The van der Waals surface area contributed by atoms with Gasteiger partial charge in [0.15, 0.2) is 0 Å². The Balaban J connectivity index is 1.61. The summed E-state index contributed by atoms with van der Waals surface area (Å²) in [6, 6.07) is 4.10. The maximum absolute atomic E-state index is 12.7. The molecule has 0 aliphatic carbocycles. The minimum atomic E-state index is -0.536. The van der Waals surface area contributed by atoms with Crippen LogP contribution in [0.4, 0.5) is 0 Å². The fourth-order valence-corrected chi connectivity index (χ4v) is 3.71. The number of nitrogens with zero attached hydrogens (tertiary/aromatic N) is 1. The number of carbonyl (C=O) groups excluding carboxylic acids is 1. The molecule has 3 atom stereocenters. The highest BCUT2D eigenvalue weighted by molar-refractivity contribution is 6.04. The van der Waals surface area contributed by atoms with Crippen LogP contribution in [0.5, 0.6) is 0 Å². The Kier molecular flexibility index (Phi) is 2.33. The summed E-state index contributed by atoms with van der Waals surface area (Å²) in [6.07, 6.45) is 3.78. The van der Waals surface area contributed by atoms with E-state index in [0.717, 1.165) is 25.7 Å². The molecule has 2 fully saturated rings. The first-order valence-corrected chi connectivity index (χ1v) is 7.46. The number of H-pyrrole nitrogens is 1. The van der Waals surface area contributed by atoms with Crippen molar-refractivity contribution in [2.24, 2.45) is 0 Å². The first-order valence-electron chi connectivity index (χ1n) is 8.96. The summed E-state index contributed by atoms with van der Waals surface area (Å²) >= 11 is 0. The molecule has 4 heteroatoms. The van der Waals surface area contributed by atoms with Crippen molar-refractivity contribution in [3.05, 3.63) is 36.0 Å². The van der Waals surface area contributed by atoms with Crippen LogP contribution in [-0.2, 0) is 4.74 Å². The standard InChI is InChI=1S/C17H20N2O2/c1-19-11-6-7-12(19)9-13(8-11)21-17(20)15-10-18-16-5-3-2-4-14(15)16/h2-5,10-13,18H,6-9H2,1H3/t11-,12+,13?/i3D,4D,10D. The van der Waals surface area contributed by atoms with Gasteiger partial charge in [-0.15, -0.1) is 0 Å². The zero-order valence-electron chi connectivity index (χ0n) is 15.0. The molecule has 1 aromatic carbocycles. The van der Waals surface area contributed by atoms with Gasteiger partial charge < -0.3 is 14.6 Å². The number of fused-ring (bicyclic) bond motifs is 3. The Bertz CT molecular complexity index is 806. The second-order valence-electron chi connectivity index (χ2n) is 6.06. The summed E-state index contributed by atoms with van der Waals surface area (Å²) in [6.45, 7) is 0. The van der Waals surface area contributed by atoms with E-state index in [4.69, 9.17) is 8.85 Å². The zero-order valence-corrected chi connectivity index (χ0v) is 12.0. The van der Waals surface area contributed by atoms with Crippen molar-refractivity contribution in [1.82, 2.24) is 9.88 Å². The van der Waals surface area contributed by atoms with Crippen molar-refractivity contribution in [3.8, 4) is 0 Å². The average molecular weight is 287 g/mol.